The van der Waals surface area contributed by atoms with Gasteiger partial charge in [-0.25, -0.2) is 4.98 Å². The van der Waals surface area contributed by atoms with Crippen molar-refractivity contribution < 1.29 is 28.7 Å². The van der Waals surface area contributed by atoms with E-state index in [1.165, 1.54) is 0 Å². The van der Waals surface area contributed by atoms with Crippen LogP contribution in [0.3, 0.4) is 0 Å². The van der Waals surface area contributed by atoms with Crippen LogP contribution >= 0.6 is 21.6 Å². The molecule has 14 heteroatoms. The van der Waals surface area contributed by atoms with Gasteiger partial charge in [-0.2, -0.15) is 9.97 Å². The third kappa shape index (κ3) is 12.9. The molecule has 2 atom stereocenters. The van der Waals surface area contributed by atoms with Crippen LogP contribution < -0.4 is 20.1 Å². The van der Waals surface area contributed by atoms with E-state index in [0.29, 0.717) is 74.8 Å². The SMILES string of the molecule is CCCOc1nc(NC(=O)CCCSSC(C)CCC(=O)NCCC=O)c2c(n1)C(Cc1ccc(OCCN(C)C)nc1)C(=O)C2. The Morgan fingerprint density at radius 2 is 1.98 bits per heavy atom. The maximum Gasteiger partial charge on any atom is 0.318 e. The molecule has 252 valence electrons. The summed E-state index contributed by atoms with van der Waals surface area (Å²) in [7, 11) is 7.33. The van der Waals surface area contributed by atoms with Crippen LogP contribution in [0.1, 0.15) is 75.1 Å². The van der Waals surface area contributed by atoms with Gasteiger partial charge in [0.15, 0.2) is 0 Å². The third-order valence-corrected chi connectivity index (χ3v) is 10.1. The fraction of sp³-hybridized carbons (Fsp3) is 0.594. The normalized spacial score (nSPS) is 14.5. The Morgan fingerprint density at radius 1 is 1.15 bits per heavy atom. The Hall–Kier alpha value is -3.23. The number of hydrogen-bond acceptors (Lipinski definition) is 12. The van der Waals surface area contributed by atoms with E-state index in [-0.39, 0.29) is 35.3 Å². The van der Waals surface area contributed by atoms with Gasteiger partial charge >= 0.3 is 6.01 Å². The summed E-state index contributed by atoms with van der Waals surface area (Å²) in [4.78, 5) is 63.8. The Morgan fingerprint density at radius 3 is 2.70 bits per heavy atom. The molecule has 2 amide bonds. The van der Waals surface area contributed by atoms with E-state index in [2.05, 4.69) is 32.5 Å². The third-order valence-electron chi connectivity index (χ3n) is 7.03. The summed E-state index contributed by atoms with van der Waals surface area (Å²) in [6.45, 7) is 6.16. The van der Waals surface area contributed by atoms with Gasteiger partial charge in [0.2, 0.25) is 17.7 Å². The molecule has 1 aliphatic rings. The van der Waals surface area contributed by atoms with Crippen LogP contribution in [0.25, 0.3) is 0 Å². The fourth-order valence-corrected chi connectivity index (χ4v) is 6.97. The molecule has 0 aliphatic heterocycles. The van der Waals surface area contributed by atoms with Gasteiger partial charge in [0.1, 0.15) is 24.5 Å². The van der Waals surface area contributed by atoms with Crippen LogP contribution in [-0.4, -0.2) is 95.1 Å². The number of likely N-dealkylation sites (N-methyl/N-ethyl adjacent to an activating group) is 1. The minimum atomic E-state index is -0.488. The summed E-state index contributed by atoms with van der Waals surface area (Å²) < 4.78 is 11.4. The summed E-state index contributed by atoms with van der Waals surface area (Å²) in [5.74, 6) is 0.938. The number of hydrogen-bond donors (Lipinski definition) is 2. The zero-order chi connectivity index (χ0) is 33.3. The van der Waals surface area contributed by atoms with E-state index in [4.69, 9.17) is 9.47 Å². The smallest absolute Gasteiger partial charge is 0.318 e. The lowest BCUT2D eigenvalue weighted by molar-refractivity contribution is -0.121. The van der Waals surface area contributed by atoms with Crippen molar-refractivity contribution in [2.45, 2.75) is 76.4 Å². The quantitative estimate of drug-likeness (QED) is 0.105. The van der Waals surface area contributed by atoms with Crippen molar-refractivity contribution in [2.75, 3.05) is 51.5 Å². The second-order valence-corrected chi connectivity index (χ2v) is 14.3. The number of aromatic nitrogens is 3. The number of carbonyl (C=O) groups excluding carboxylic acids is 4. The first-order valence-corrected chi connectivity index (χ1v) is 18.2. The van der Waals surface area contributed by atoms with Gasteiger partial charge in [0, 0.05) is 67.6 Å². The Balaban J connectivity index is 1.53. The van der Waals surface area contributed by atoms with Gasteiger partial charge in [-0.1, -0.05) is 41.5 Å². The number of fused-ring (bicyclic) bond motifs is 1. The molecule has 2 unspecified atom stereocenters. The number of aldehydes is 1. The molecule has 2 aromatic rings. The van der Waals surface area contributed by atoms with E-state index in [9.17, 15) is 19.2 Å². The minimum Gasteiger partial charge on any atom is -0.476 e. The summed E-state index contributed by atoms with van der Waals surface area (Å²) in [5.41, 5.74) is 2.11. The molecule has 0 bridgehead atoms. The van der Waals surface area contributed by atoms with E-state index in [1.807, 2.05) is 38.1 Å². The second-order valence-electron chi connectivity index (χ2n) is 11.3. The number of Topliss-reactive ketones (excluding diaryl/α,β-unsaturated/α-hetero) is 1. The number of anilines is 1. The van der Waals surface area contributed by atoms with E-state index in [0.717, 1.165) is 37.0 Å². The predicted octanol–water partition coefficient (Wildman–Crippen LogP) is 4.03. The average molecular weight is 675 g/mol. The zero-order valence-electron chi connectivity index (χ0n) is 27.2. The molecule has 1 aliphatic carbocycles. The molecule has 46 heavy (non-hydrogen) atoms. The van der Waals surface area contributed by atoms with Gasteiger partial charge in [-0.15, -0.1) is 0 Å². The number of amides is 2. The molecule has 3 rings (SSSR count). The van der Waals surface area contributed by atoms with E-state index in [1.54, 1.807) is 27.8 Å². The highest BCUT2D eigenvalue weighted by Gasteiger charge is 2.36. The predicted molar refractivity (Wildman–Crippen MR) is 182 cm³/mol. The summed E-state index contributed by atoms with van der Waals surface area (Å²) in [6, 6.07) is 3.87. The number of carbonyl (C=O) groups is 4. The highest BCUT2D eigenvalue weighted by Crippen LogP contribution is 2.37. The number of ketones is 1. The Bertz CT molecular complexity index is 1300. The lowest BCUT2D eigenvalue weighted by Crippen LogP contribution is -2.24. The Labute approximate surface area is 279 Å². The molecule has 0 radical (unpaired) electrons. The monoisotopic (exact) mass is 674 g/mol. The standard InChI is InChI=1S/C32H46N6O6S2/c1-5-16-44-32-36-30-24(19-23-10-12-29(34-21-23)43-17-14-38(3)4)26(40)20-25(30)31(37-32)35-28(42)8-6-18-45-46-22(2)9-11-27(41)33-13-7-15-39/h10,12,15,21-22,24H,5-9,11,13-14,16-20H2,1-4H3,(H,33,41)(H,35,36,37,42). The molecule has 0 saturated carbocycles. The Kier molecular flexibility index (Phi) is 16.3. The first kappa shape index (κ1) is 37.2. The van der Waals surface area contributed by atoms with Gasteiger partial charge in [-0.3, -0.25) is 14.4 Å². The number of nitrogens with one attached hydrogen (secondary N) is 2. The van der Waals surface area contributed by atoms with E-state index >= 15 is 0 Å². The first-order valence-electron chi connectivity index (χ1n) is 15.8. The maximum absolute atomic E-state index is 13.2. The summed E-state index contributed by atoms with van der Waals surface area (Å²) in [6.07, 6.45) is 6.29. The summed E-state index contributed by atoms with van der Waals surface area (Å²) in [5, 5.41) is 5.92. The molecule has 12 nitrogen and oxygen atoms in total. The van der Waals surface area contributed by atoms with Crippen LogP contribution in [0, 0.1) is 0 Å². The number of rotatable bonds is 22. The minimum absolute atomic E-state index is 0.0136. The second kappa shape index (κ2) is 20.1. The molecule has 0 saturated heterocycles. The zero-order valence-corrected chi connectivity index (χ0v) is 28.8. The van der Waals surface area contributed by atoms with Crippen LogP contribution in [-0.2, 0) is 32.0 Å². The molecule has 2 aromatic heterocycles. The van der Waals surface area contributed by atoms with Crippen LogP contribution in [0.15, 0.2) is 18.3 Å². The maximum atomic E-state index is 13.2. The van der Waals surface area contributed by atoms with Crippen LogP contribution in [0.2, 0.25) is 0 Å². The average Bonchev–Trinajstić information content (AvgIpc) is 3.34. The van der Waals surface area contributed by atoms with Crippen molar-refractivity contribution in [1.82, 2.24) is 25.2 Å². The molecule has 2 heterocycles. The van der Waals surface area contributed by atoms with Gasteiger partial charge in [0.25, 0.3) is 0 Å². The first-order chi connectivity index (χ1) is 22.2. The lowest BCUT2D eigenvalue weighted by Gasteiger charge is -2.14. The van der Waals surface area contributed by atoms with Crippen LogP contribution in [0.4, 0.5) is 5.82 Å². The van der Waals surface area contributed by atoms with Crippen molar-refractivity contribution in [3.8, 4) is 11.9 Å². The summed E-state index contributed by atoms with van der Waals surface area (Å²) >= 11 is 0. The number of pyridine rings is 1. The molecular weight excluding hydrogens is 629 g/mol. The molecule has 0 spiro atoms. The molecule has 2 N–H and O–H groups in total. The molecule has 0 aromatic carbocycles. The fourth-order valence-electron chi connectivity index (χ4n) is 4.54. The van der Waals surface area contributed by atoms with Gasteiger partial charge < -0.3 is 29.8 Å². The number of ether oxygens (including phenoxy) is 2. The van der Waals surface area contributed by atoms with Crippen molar-refractivity contribution in [3.63, 3.8) is 0 Å². The van der Waals surface area contributed by atoms with Crippen molar-refractivity contribution in [2.24, 2.45) is 0 Å². The van der Waals surface area contributed by atoms with Gasteiger partial charge in [-0.05, 0) is 45.3 Å². The van der Waals surface area contributed by atoms with Gasteiger partial charge in [0.05, 0.1) is 18.2 Å². The lowest BCUT2D eigenvalue weighted by atomic mass is 9.97. The van der Waals surface area contributed by atoms with Crippen molar-refractivity contribution in [1.29, 1.82) is 0 Å². The molecular formula is C32H46N6O6S2. The highest BCUT2D eigenvalue weighted by atomic mass is 33.1. The number of nitrogens with zero attached hydrogens (tertiary/aromatic N) is 4. The molecule has 0 fully saturated rings. The van der Waals surface area contributed by atoms with Crippen LogP contribution in [0.5, 0.6) is 11.9 Å². The topological polar surface area (TPSA) is 153 Å². The highest BCUT2D eigenvalue weighted by molar-refractivity contribution is 8.76. The van der Waals surface area contributed by atoms with Crippen molar-refractivity contribution >= 4 is 51.3 Å². The largest absolute Gasteiger partial charge is 0.476 e. The van der Waals surface area contributed by atoms with Crippen molar-refractivity contribution in [3.05, 3.63) is 35.2 Å². The van der Waals surface area contributed by atoms with E-state index < -0.39 is 5.92 Å².